The number of ketones is 1. The van der Waals surface area contributed by atoms with Crippen LogP contribution in [0.5, 0.6) is 0 Å². The number of Topliss-reactive ketones (excluding diaryl/α,β-unsaturated/α-hetero) is 1. The van der Waals surface area contributed by atoms with E-state index in [9.17, 15) is 14.4 Å². The minimum atomic E-state index is -1.07. The molecule has 196 valence electrons. The summed E-state index contributed by atoms with van der Waals surface area (Å²) in [7, 11) is 0. The zero-order valence-corrected chi connectivity index (χ0v) is 21.1. The van der Waals surface area contributed by atoms with E-state index in [0.717, 1.165) is 44.8 Å². The molecule has 1 aromatic carbocycles. The standard InChI is InChI=1S/C27H34N6O4/c28-31-30-21-15-33(23-22(34)16-37-24(21)23)26(36)27(11-1-2-12-27)29-25(35)19-5-3-17(4-6-19)18-9-13-32(14-10-18)20-7-8-20/h3-6,18,20-21,23-24H,1-2,7-16H2,(H,29,35)/t21-,23-,24-/m1/s1. The fourth-order valence-electron chi connectivity index (χ4n) is 6.89. The molecule has 3 heterocycles. The van der Waals surface area contributed by atoms with E-state index in [4.69, 9.17) is 10.3 Å². The Morgan fingerprint density at radius 2 is 1.78 bits per heavy atom. The molecule has 2 amide bonds. The Kier molecular flexibility index (Phi) is 6.42. The van der Waals surface area contributed by atoms with Crippen LogP contribution in [0.2, 0.25) is 0 Å². The van der Waals surface area contributed by atoms with Crippen LogP contribution in [0, 0.1) is 0 Å². The van der Waals surface area contributed by atoms with E-state index in [1.54, 1.807) is 0 Å². The lowest BCUT2D eigenvalue weighted by molar-refractivity contribution is -0.142. The molecule has 10 heteroatoms. The lowest BCUT2D eigenvalue weighted by Crippen LogP contribution is -2.60. The second kappa shape index (κ2) is 9.74. The number of hydrogen-bond donors (Lipinski definition) is 1. The van der Waals surface area contributed by atoms with Gasteiger partial charge in [-0.1, -0.05) is 30.1 Å². The summed E-state index contributed by atoms with van der Waals surface area (Å²) >= 11 is 0. The number of fused-ring (bicyclic) bond motifs is 1. The van der Waals surface area contributed by atoms with Gasteiger partial charge in [-0.2, -0.15) is 0 Å². The molecule has 0 aromatic heterocycles. The van der Waals surface area contributed by atoms with Gasteiger partial charge in [-0.25, -0.2) is 0 Å². The fourth-order valence-corrected chi connectivity index (χ4v) is 6.89. The van der Waals surface area contributed by atoms with Gasteiger partial charge >= 0.3 is 0 Å². The van der Waals surface area contributed by atoms with Gasteiger partial charge in [-0.3, -0.25) is 14.4 Å². The van der Waals surface area contributed by atoms with Gasteiger partial charge in [-0.05, 0) is 80.8 Å². The first kappa shape index (κ1) is 24.4. The van der Waals surface area contributed by atoms with Crippen molar-refractivity contribution in [2.75, 3.05) is 26.2 Å². The monoisotopic (exact) mass is 506 g/mol. The molecule has 5 aliphatic rings. The molecule has 37 heavy (non-hydrogen) atoms. The Bertz CT molecular complexity index is 1110. The number of nitrogens with one attached hydrogen (secondary N) is 1. The van der Waals surface area contributed by atoms with E-state index in [0.29, 0.717) is 24.3 Å². The molecule has 1 N–H and O–H groups in total. The van der Waals surface area contributed by atoms with Crippen molar-refractivity contribution in [2.24, 2.45) is 5.11 Å². The van der Waals surface area contributed by atoms with Crippen LogP contribution in [0.25, 0.3) is 10.4 Å². The number of carbonyl (C=O) groups excluding carboxylic acids is 3. The summed E-state index contributed by atoms with van der Waals surface area (Å²) in [5.41, 5.74) is 9.67. The predicted molar refractivity (Wildman–Crippen MR) is 135 cm³/mol. The molecule has 3 aliphatic heterocycles. The Morgan fingerprint density at radius 3 is 2.43 bits per heavy atom. The molecule has 6 rings (SSSR count). The van der Waals surface area contributed by atoms with E-state index in [2.05, 4.69) is 32.4 Å². The number of ether oxygens (including phenoxy) is 1. The number of carbonyl (C=O) groups is 3. The molecular weight excluding hydrogens is 472 g/mol. The smallest absolute Gasteiger partial charge is 0.252 e. The van der Waals surface area contributed by atoms with Gasteiger partial charge in [0.15, 0.2) is 5.78 Å². The van der Waals surface area contributed by atoms with Crippen LogP contribution in [-0.4, -0.2) is 83.4 Å². The second-order valence-electron chi connectivity index (χ2n) is 11.3. The Hall–Kier alpha value is -2.94. The molecular formula is C27H34N6O4. The van der Waals surface area contributed by atoms with E-state index in [1.807, 2.05) is 12.1 Å². The summed E-state index contributed by atoms with van der Waals surface area (Å²) in [5, 5.41) is 6.83. The third-order valence-corrected chi connectivity index (χ3v) is 9.08. The Morgan fingerprint density at radius 1 is 1.08 bits per heavy atom. The van der Waals surface area contributed by atoms with E-state index >= 15 is 0 Å². The average molecular weight is 507 g/mol. The molecule has 2 saturated carbocycles. The van der Waals surface area contributed by atoms with Gasteiger partial charge in [0.1, 0.15) is 18.2 Å². The minimum Gasteiger partial charge on any atom is -0.367 e. The van der Waals surface area contributed by atoms with Crippen LogP contribution in [0.1, 0.15) is 73.2 Å². The van der Waals surface area contributed by atoms with Gasteiger partial charge in [0.2, 0.25) is 5.91 Å². The van der Waals surface area contributed by atoms with Crippen LogP contribution >= 0.6 is 0 Å². The summed E-state index contributed by atoms with van der Waals surface area (Å²) in [6.07, 6.45) is 7.03. The van der Waals surface area contributed by atoms with Crippen molar-refractivity contribution in [3.05, 3.63) is 45.8 Å². The third kappa shape index (κ3) is 4.51. The maximum absolute atomic E-state index is 13.9. The van der Waals surface area contributed by atoms with Gasteiger partial charge < -0.3 is 19.9 Å². The Balaban J connectivity index is 1.15. The van der Waals surface area contributed by atoms with E-state index in [1.165, 1.54) is 23.3 Å². The molecule has 2 aliphatic carbocycles. The quantitative estimate of drug-likeness (QED) is 0.360. The summed E-state index contributed by atoms with van der Waals surface area (Å²) in [5.74, 6) is -0.219. The average Bonchev–Trinajstić information content (AvgIpc) is 3.38. The fraction of sp³-hybridized carbons (Fsp3) is 0.667. The minimum absolute atomic E-state index is 0.0954. The SMILES string of the molecule is [N-]=[N+]=N[C@@H]1CN(C(=O)C2(NC(=O)c3ccc(C4CCN(C5CC5)CC4)cc3)CCCC2)[C@@H]2C(=O)CO[C@@H]21. The van der Waals surface area contributed by atoms with E-state index < -0.39 is 23.7 Å². The normalized spacial score (nSPS) is 29.7. The topological polar surface area (TPSA) is 128 Å². The first-order chi connectivity index (χ1) is 18.0. The molecule has 1 aromatic rings. The van der Waals surface area contributed by atoms with Crippen molar-refractivity contribution < 1.29 is 19.1 Å². The highest BCUT2D eigenvalue weighted by Gasteiger charge is 2.56. The highest BCUT2D eigenvalue weighted by Crippen LogP contribution is 2.38. The maximum Gasteiger partial charge on any atom is 0.252 e. The maximum atomic E-state index is 13.9. The van der Waals surface area contributed by atoms with Crippen LogP contribution in [0.15, 0.2) is 29.4 Å². The Labute approximate surface area is 216 Å². The number of amides is 2. The van der Waals surface area contributed by atoms with Crippen molar-refractivity contribution in [3.63, 3.8) is 0 Å². The number of hydrogen-bond acceptors (Lipinski definition) is 6. The molecule has 10 nitrogen and oxygen atoms in total. The molecule has 0 unspecified atom stereocenters. The highest BCUT2D eigenvalue weighted by atomic mass is 16.5. The number of rotatable bonds is 6. The number of piperidine rings is 1. The van der Waals surface area contributed by atoms with Crippen LogP contribution in [0.4, 0.5) is 0 Å². The zero-order chi connectivity index (χ0) is 25.6. The summed E-state index contributed by atoms with van der Waals surface area (Å²) in [4.78, 5) is 46.8. The second-order valence-corrected chi connectivity index (χ2v) is 11.3. The molecule has 3 atom stereocenters. The predicted octanol–water partition coefficient (Wildman–Crippen LogP) is 2.93. The van der Waals surface area contributed by atoms with Crippen LogP contribution in [-0.2, 0) is 14.3 Å². The lowest BCUT2D eigenvalue weighted by Gasteiger charge is -2.35. The third-order valence-electron chi connectivity index (χ3n) is 9.08. The molecule has 5 fully saturated rings. The number of nitrogens with zero attached hydrogens (tertiary/aromatic N) is 5. The van der Waals surface area contributed by atoms with Gasteiger partial charge in [-0.15, -0.1) is 0 Å². The molecule has 3 saturated heterocycles. The van der Waals surface area contributed by atoms with Crippen molar-refractivity contribution in [1.82, 2.24) is 15.1 Å². The van der Waals surface area contributed by atoms with Crippen LogP contribution < -0.4 is 5.32 Å². The largest absolute Gasteiger partial charge is 0.367 e. The first-order valence-electron chi connectivity index (χ1n) is 13.7. The van der Waals surface area contributed by atoms with Gasteiger partial charge in [0.05, 0.1) is 12.1 Å². The first-order valence-corrected chi connectivity index (χ1v) is 13.7. The number of likely N-dealkylation sites (tertiary alicyclic amines) is 2. The van der Waals surface area contributed by atoms with Crippen molar-refractivity contribution in [1.29, 1.82) is 0 Å². The van der Waals surface area contributed by atoms with E-state index in [-0.39, 0.29) is 30.7 Å². The summed E-state index contributed by atoms with van der Waals surface area (Å²) in [6, 6.07) is 7.28. The van der Waals surface area contributed by atoms with Gasteiger partial charge in [0, 0.05) is 23.1 Å². The zero-order valence-electron chi connectivity index (χ0n) is 21.1. The molecule has 0 spiro atoms. The summed E-state index contributed by atoms with van der Waals surface area (Å²) in [6.45, 7) is 2.32. The van der Waals surface area contributed by atoms with Crippen molar-refractivity contribution in [2.45, 2.75) is 87.1 Å². The molecule has 0 bridgehead atoms. The lowest BCUT2D eigenvalue weighted by atomic mass is 9.88. The highest BCUT2D eigenvalue weighted by molar-refractivity contribution is 6.01. The van der Waals surface area contributed by atoms with Crippen LogP contribution in [0.3, 0.4) is 0 Å². The molecule has 0 radical (unpaired) electrons. The van der Waals surface area contributed by atoms with Crippen molar-refractivity contribution in [3.8, 4) is 0 Å². The van der Waals surface area contributed by atoms with Gasteiger partial charge in [0.25, 0.3) is 5.91 Å². The summed E-state index contributed by atoms with van der Waals surface area (Å²) < 4.78 is 5.56. The van der Waals surface area contributed by atoms with Crippen molar-refractivity contribution >= 4 is 17.6 Å². The number of benzene rings is 1. The number of azide groups is 1.